The molecule has 0 atom stereocenters. The number of hydrogen-bond donors (Lipinski definition) is 1. The number of ether oxygens (including phenoxy) is 2. The number of carbonyl (C=O) groups excluding carboxylic acids is 1. The van der Waals surface area contributed by atoms with E-state index in [0.717, 1.165) is 5.69 Å². The Morgan fingerprint density at radius 3 is 3.05 bits per heavy atom. The maximum Gasteiger partial charge on any atom is 0.356 e. The molecule has 1 heterocycles. The van der Waals surface area contributed by atoms with Gasteiger partial charge in [-0.3, -0.25) is 4.57 Å². The maximum atomic E-state index is 11.8. The highest BCUT2D eigenvalue weighted by Crippen LogP contribution is 2.18. The molecule has 0 aliphatic rings. The van der Waals surface area contributed by atoms with Crippen LogP contribution in [0.4, 0.5) is 0 Å². The van der Waals surface area contributed by atoms with Gasteiger partial charge in [0.1, 0.15) is 12.4 Å². The van der Waals surface area contributed by atoms with E-state index in [4.69, 9.17) is 15.2 Å². The number of imidazole rings is 1. The lowest BCUT2D eigenvalue weighted by molar-refractivity contribution is 0.0517. The second-order valence-corrected chi connectivity index (χ2v) is 4.00. The van der Waals surface area contributed by atoms with Gasteiger partial charge in [-0.2, -0.15) is 0 Å². The number of hydrogen-bond acceptors (Lipinski definition) is 5. The third-order valence-corrected chi connectivity index (χ3v) is 2.61. The molecule has 0 radical (unpaired) electrons. The molecule has 0 bridgehead atoms. The first-order valence-electron chi connectivity index (χ1n) is 6.39. The van der Waals surface area contributed by atoms with Crippen LogP contribution in [0.3, 0.4) is 0 Å². The van der Waals surface area contributed by atoms with E-state index < -0.39 is 5.97 Å². The van der Waals surface area contributed by atoms with E-state index in [1.807, 2.05) is 24.3 Å². The fourth-order valence-electron chi connectivity index (χ4n) is 1.76. The molecule has 0 saturated carbocycles. The van der Waals surface area contributed by atoms with Gasteiger partial charge < -0.3 is 15.2 Å². The summed E-state index contributed by atoms with van der Waals surface area (Å²) < 4.78 is 12.1. The van der Waals surface area contributed by atoms with E-state index in [0.29, 0.717) is 31.2 Å². The van der Waals surface area contributed by atoms with Crippen molar-refractivity contribution in [3.05, 3.63) is 42.5 Å². The van der Waals surface area contributed by atoms with Gasteiger partial charge in [0.25, 0.3) is 0 Å². The van der Waals surface area contributed by atoms with Gasteiger partial charge in [-0.1, -0.05) is 6.07 Å². The van der Waals surface area contributed by atoms with Crippen LogP contribution < -0.4 is 10.5 Å². The van der Waals surface area contributed by atoms with Crippen LogP contribution >= 0.6 is 0 Å². The molecule has 1 aromatic carbocycles. The predicted octanol–water partition coefficient (Wildman–Crippen LogP) is 1.39. The molecule has 1 aromatic heterocycles. The quantitative estimate of drug-likeness (QED) is 0.806. The van der Waals surface area contributed by atoms with Crippen LogP contribution in [0.1, 0.15) is 17.4 Å². The zero-order chi connectivity index (χ0) is 14.4. The molecule has 0 amide bonds. The van der Waals surface area contributed by atoms with Gasteiger partial charge in [0.2, 0.25) is 0 Å². The van der Waals surface area contributed by atoms with Crippen LogP contribution in [0.15, 0.2) is 36.8 Å². The van der Waals surface area contributed by atoms with Crippen molar-refractivity contribution in [2.24, 2.45) is 5.73 Å². The topological polar surface area (TPSA) is 79.4 Å². The molecule has 0 aliphatic heterocycles. The molecular formula is C14H17N3O3. The van der Waals surface area contributed by atoms with Crippen molar-refractivity contribution >= 4 is 5.97 Å². The Bertz CT molecular complexity index is 581. The second kappa shape index (κ2) is 6.72. The summed E-state index contributed by atoms with van der Waals surface area (Å²) in [5, 5.41) is 0. The first-order chi connectivity index (χ1) is 9.76. The lowest BCUT2D eigenvalue weighted by atomic mass is 10.3. The molecule has 20 heavy (non-hydrogen) atoms. The average molecular weight is 275 g/mol. The Hall–Kier alpha value is -2.34. The molecule has 2 N–H and O–H groups in total. The van der Waals surface area contributed by atoms with E-state index in [-0.39, 0.29) is 0 Å². The van der Waals surface area contributed by atoms with Crippen LogP contribution in [0.2, 0.25) is 0 Å². The lowest BCUT2D eigenvalue weighted by Gasteiger charge is -2.10. The van der Waals surface area contributed by atoms with E-state index in [9.17, 15) is 4.79 Å². The minimum atomic E-state index is -0.404. The Labute approximate surface area is 117 Å². The SMILES string of the molecule is CCOC(=O)c1cncn1-c1cccc(OCCN)c1. The van der Waals surface area contributed by atoms with E-state index >= 15 is 0 Å². The third-order valence-electron chi connectivity index (χ3n) is 2.61. The third kappa shape index (κ3) is 3.16. The molecule has 0 saturated heterocycles. The fraction of sp³-hybridized carbons (Fsp3) is 0.286. The van der Waals surface area contributed by atoms with Crippen LogP contribution in [-0.4, -0.2) is 35.3 Å². The van der Waals surface area contributed by atoms with Crippen molar-refractivity contribution in [2.75, 3.05) is 19.8 Å². The summed E-state index contributed by atoms with van der Waals surface area (Å²) >= 11 is 0. The fourth-order valence-corrected chi connectivity index (χ4v) is 1.76. The highest BCUT2D eigenvalue weighted by molar-refractivity contribution is 5.88. The second-order valence-electron chi connectivity index (χ2n) is 4.00. The van der Waals surface area contributed by atoms with Crippen LogP contribution in [-0.2, 0) is 4.74 Å². The normalized spacial score (nSPS) is 10.3. The minimum absolute atomic E-state index is 0.323. The minimum Gasteiger partial charge on any atom is -0.492 e. The summed E-state index contributed by atoms with van der Waals surface area (Å²) in [5.74, 6) is 0.287. The summed E-state index contributed by atoms with van der Waals surface area (Å²) in [6, 6.07) is 7.36. The molecule has 0 unspecified atom stereocenters. The number of carbonyl (C=O) groups is 1. The Kier molecular flexibility index (Phi) is 4.73. The number of nitrogens with zero attached hydrogens (tertiary/aromatic N) is 2. The van der Waals surface area contributed by atoms with Crippen molar-refractivity contribution in [2.45, 2.75) is 6.92 Å². The van der Waals surface area contributed by atoms with Gasteiger partial charge in [-0.05, 0) is 19.1 Å². The largest absolute Gasteiger partial charge is 0.492 e. The predicted molar refractivity (Wildman–Crippen MR) is 74.1 cm³/mol. The summed E-state index contributed by atoms with van der Waals surface area (Å²) in [4.78, 5) is 15.8. The van der Waals surface area contributed by atoms with Crippen LogP contribution in [0.25, 0.3) is 5.69 Å². The van der Waals surface area contributed by atoms with E-state index in [1.165, 1.54) is 6.20 Å². The molecule has 0 fully saturated rings. The monoisotopic (exact) mass is 275 g/mol. The highest BCUT2D eigenvalue weighted by atomic mass is 16.5. The summed E-state index contributed by atoms with van der Waals surface area (Å²) in [7, 11) is 0. The highest BCUT2D eigenvalue weighted by Gasteiger charge is 2.14. The van der Waals surface area contributed by atoms with Gasteiger partial charge in [0, 0.05) is 12.6 Å². The molecule has 2 aromatic rings. The van der Waals surface area contributed by atoms with Crippen LogP contribution in [0.5, 0.6) is 5.75 Å². The van der Waals surface area contributed by atoms with Gasteiger partial charge in [-0.25, -0.2) is 9.78 Å². The smallest absolute Gasteiger partial charge is 0.356 e. The molecule has 0 aliphatic carbocycles. The molecule has 106 valence electrons. The van der Waals surface area contributed by atoms with Crippen molar-refractivity contribution < 1.29 is 14.3 Å². The van der Waals surface area contributed by atoms with Gasteiger partial charge >= 0.3 is 5.97 Å². The average Bonchev–Trinajstić information content (AvgIpc) is 2.95. The first kappa shape index (κ1) is 14.1. The van der Waals surface area contributed by atoms with Crippen molar-refractivity contribution in [1.29, 1.82) is 0 Å². The molecule has 0 spiro atoms. The number of aromatic nitrogens is 2. The van der Waals surface area contributed by atoms with E-state index in [1.54, 1.807) is 17.8 Å². The number of benzene rings is 1. The Balaban J connectivity index is 2.27. The lowest BCUT2D eigenvalue weighted by Crippen LogP contribution is -2.12. The van der Waals surface area contributed by atoms with Gasteiger partial charge in [0.15, 0.2) is 5.69 Å². The summed E-state index contributed by atoms with van der Waals surface area (Å²) in [5.41, 5.74) is 6.56. The Morgan fingerprint density at radius 2 is 2.30 bits per heavy atom. The van der Waals surface area contributed by atoms with Crippen molar-refractivity contribution in [3.8, 4) is 11.4 Å². The molecule has 2 rings (SSSR count). The number of rotatable bonds is 6. The summed E-state index contributed by atoms with van der Waals surface area (Å²) in [6.45, 7) is 2.98. The zero-order valence-corrected chi connectivity index (χ0v) is 11.3. The molecular weight excluding hydrogens is 258 g/mol. The maximum absolute atomic E-state index is 11.8. The van der Waals surface area contributed by atoms with Crippen molar-refractivity contribution in [3.63, 3.8) is 0 Å². The summed E-state index contributed by atoms with van der Waals surface area (Å²) in [6.07, 6.45) is 3.04. The first-order valence-corrected chi connectivity index (χ1v) is 6.39. The zero-order valence-electron chi connectivity index (χ0n) is 11.3. The number of nitrogens with two attached hydrogens (primary N) is 1. The van der Waals surface area contributed by atoms with Gasteiger partial charge in [-0.15, -0.1) is 0 Å². The molecule has 6 heteroatoms. The standard InChI is InChI=1S/C14H17N3O3/c1-2-19-14(18)13-9-16-10-17(13)11-4-3-5-12(8-11)20-7-6-15/h3-5,8-10H,2,6-7,15H2,1H3. The van der Waals surface area contributed by atoms with Gasteiger partial charge in [0.05, 0.1) is 24.8 Å². The van der Waals surface area contributed by atoms with Crippen molar-refractivity contribution in [1.82, 2.24) is 9.55 Å². The Morgan fingerprint density at radius 1 is 1.45 bits per heavy atom. The number of esters is 1. The van der Waals surface area contributed by atoms with E-state index in [2.05, 4.69) is 4.98 Å². The molecule has 6 nitrogen and oxygen atoms in total. The van der Waals surface area contributed by atoms with Crippen LogP contribution in [0, 0.1) is 0 Å².